The van der Waals surface area contributed by atoms with Gasteiger partial charge in [0, 0.05) is 110 Å². The SMILES string of the molecule is CCC(C)=O.CCC(C)=O.CCC(C)=O.CCC(C)=O.CN(C)C=O.CN(C)C=O.CN(C)C=O.CN(C)C=O.CN(C)C=O.CN(C)C=O. The molecule has 0 bridgehead atoms. The van der Waals surface area contributed by atoms with Gasteiger partial charge in [-0.1, -0.05) is 27.7 Å². The second-order valence-electron chi connectivity index (χ2n) is 10.6. The standard InChI is InChI=1S/4C4H8O.6C3H7NO/c4*1-3-4(2)5;6*1-4(2)3-5/h4*3H2,1-2H3;6*3H,1-2H3. The van der Waals surface area contributed by atoms with Crippen LogP contribution in [0.25, 0.3) is 0 Å². The van der Waals surface area contributed by atoms with Crippen molar-refractivity contribution in [3.8, 4) is 0 Å². The lowest BCUT2D eigenvalue weighted by atomic mass is 10.4. The number of nitrogens with zero attached hydrogens (tertiary/aromatic N) is 6. The van der Waals surface area contributed by atoms with Gasteiger partial charge in [-0.15, -0.1) is 0 Å². The average molecular weight is 727 g/mol. The van der Waals surface area contributed by atoms with Gasteiger partial charge in [0.2, 0.25) is 38.5 Å². The van der Waals surface area contributed by atoms with Crippen LogP contribution in [0, 0.1) is 0 Å². The first-order valence-electron chi connectivity index (χ1n) is 15.4. The van der Waals surface area contributed by atoms with E-state index in [0.717, 1.165) is 38.5 Å². The molecule has 0 N–H and O–H groups in total. The lowest BCUT2D eigenvalue weighted by molar-refractivity contribution is -0.117. The molecule has 0 radical (unpaired) electrons. The highest BCUT2D eigenvalue weighted by molar-refractivity contribution is 5.75. The Morgan fingerprint density at radius 2 is 0.340 bits per heavy atom. The molecule has 0 atom stereocenters. The van der Waals surface area contributed by atoms with Gasteiger partial charge in [0.15, 0.2) is 0 Å². The van der Waals surface area contributed by atoms with E-state index in [1.54, 1.807) is 112 Å². The Balaban J connectivity index is -0.0000000444. The molecule has 0 rings (SSSR count). The zero-order valence-electron chi connectivity index (χ0n) is 35.1. The number of hydrogen-bond donors (Lipinski definition) is 0. The van der Waals surface area contributed by atoms with Gasteiger partial charge in [0.1, 0.15) is 23.1 Å². The van der Waals surface area contributed by atoms with E-state index in [0.29, 0.717) is 25.7 Å². The fraction of sp³-hybridized carbons (Fsp3) is 0.706. The van der Waals surface area contributed by atoms with Crippen molar-refractivity contribution < 1.29 is 47.9 Å². The maximum absolute atomic E-state index is 9.81. The highest BCUT2D eigenvalue weighted by Gasteiger charge is 1.78. The molecule has 300 valence electrons. The lowest BCUT2D eigenvalue weighted by Crippen LogP contribution is -2.06. The summed E-state index contributed by atoms with van der Waals surface area (Å²) in [6, 6.07) is 0. The van der Waals surface area contributed by atoms with Gasteiger partial charge in [-0.25, -0.2) is 0 Å². The van der Waals surface area contributed by atoms with Gasteiger partial charge < -0.3 is 48.6 Å². The van der Waals surface area contributed by atoms with Gasteiger partial charge in [0.05, 0.1) is 0 Å². The first kappa shape index (κ1) is 71.5. The van der Waals surface area contributed by atoms with Gasteiger partial charge in [0.25, 0.3) is 0 Å². The normalized spacial score (nSPS) is 7.12. The van der Waals surface area contributed by atoms with Crippen molar-refractivity contribution in [1.29, 1.82) is 0 Å². The van der Waals surface area contributed by atoms with Crippen LogP contribution < -0.4 is 0 Å². The molecular weight excluding hydrogens is 652 g/mol. The Morgan fingerprint density at radius 1 is 0.300 bits per heavy atom. The zero-order chi connectivity index (χ0) is 42.8. The Bertz CT molecular complexity index is 639. The third-order valence-corrected chi connectivity index (χ3v) is 3.26. The van der Waals surface area contributed by atoms with Crippen molar-refractivity contribution in [2.45, 2.75) is 81.1 Å². The summed E-state index contributed by atoms with van der Waals surface area (Å²) in [4.78, 5) is 104. The fourth-order valence-electron chi connectivity index (χ4n) is 0. The number of carbonyl (C=O) groups is 10. The van der Waals surface area contributed by atoms with Crippen LogP contribution in [0.15, 0.2) is 0 Å². The fourth-order valence-corrected chi connectivity index (χ4v) is 0. The Labute approximate surface area is 304 Å². The summed E-state index contributed by atoms with van der Waals surface area (Å²) >= 11 is 0. The molecule has 0 fully saturated rings. The maximum atomic E-state index is 9.81. The van der Waals surface area contributed by atoms with E-state index in [1.165, 1.54) is 29.4 Å². The predicted molar refractivity (Wildman–Crippen MR) is 202 cm³/mol. The largest absolute Gasteiger partial charge is 0.351 e. The number of carbonyl (C=O) groups excluding carboxylic acids is 10. The zero-order valence-corrected chi connectivity index (χ0v) is 35.1. The topological polar surface area (TPSA) is 190 Å². The van der Waals surface area contributed by atoms with Crippen LogP contribution in [0.3, 0.4) is 0 Å². The van der Waals surface area contributed by atoms with Gasteiger partial charge in [-0.3, -0.25) is 28.8 Å². The maximum Gasteiger partial charge on any atom is 0.209 e. The first-order valence-corrected chi connectivity index (χ1v) is 15.4. The Morgan fingerprint density at radius 3 is 0.340 bits per heavy atom. The van der Waals surface area contributed by atoms with E-state index in [-0.39, 0.29) is 23.1 Å². The second-order valence-corrected chi connectivity index (χ2v) is 10.6. The smallest absolute Gasteiger partial charge is 0.209 e. The van der Waals surface area contributed by atoms with Crippen molar-refractivity contribution in [2.75, 3.05) is 84.6 Å². The number of amides is 6. The predicted octanol–water partition coefficient (Wildman–Crippen LogP) is 2.17. The third-order valence-electron chi connectivity index (χ3n) is 3.26. The Hall–Kier alpha value is -4.50. The number of ketones is 4. The monoisotopic (exact) mass is 727 g/mol. The average Bonchev–Trinajstić information content (AvgIpc) is 3.06. The summed E-state index contributed by atoms with van der Waals surface area (Å²) in [5.41, 5.74) is 0. The van der Waals surface area contributed by atoms with Gasteiger partial charge in [-0.2, -0.15) is 0 Å². The molecule has 16 nitrogen and oxygen atoms in total. The molecule has 0 heterocycles. The number of rotatable bonds is 10. The summed E-state index contributed by atoms with van der Waals surface area (Å²) in [6.45, 7) is 13.7. The number of Topliss-reactive ketones (excluding diaryl/α,β-unsaturated/α-hetero) is 4. The summed E-state index contributed by atoms with van der Waals surface area (Å²) in [7, 11) is 20.2. The van der Waals surface area contributed by atoms with Crippen LogP contribution in [-0.4, -0.2) is 176 Å². The molecule has 0 spiro atoms. The molecule has 0 aliphatic carbocycles. The molecule has 0 saturated heterocycles. The molecule has 0 unspecified atom stereocenters. The molecule has 6 amide bonds. The van der Waals surface area contributed by atoms with Crippen molar-refractivity contribution in [3.05, 3.63) is 0 Å². The molecule has 16 heteroatoms. The molecule has 0 aromatic rings. The second kappa shape index (κ2) is 66.8. The summed E-state index contributed by atoms with van der Waals surface area (Å²) in [5, 5.41) is 0. The molecule has 50 heavy (non-hydrogen) atoms. The first-order chi connectivity index (χ1) is 22.7. The minimum Gasteiger partial charge on any atom is -0.351 e. The molecule has 0 aliphatic heterocycles. The quantitative estimate of drug-likeness (QED) is 0.302. The van der Waals surface area contributed by atoms with Crippen LogP contribution in [0.5, 0.6) is 0 Å². The summed E-state index contributed by atoms with van der Waals surface area (Å²) in [6.07, 6.45) is 7.17. The van der Waals surface area contributed by atoms with Gasteiger partial charge in [-0.05, 0) is 27.7 Å². The highest BCUT2D eigenvalue weighted by atomic mass is 16.2. The van der Waals surface area contributed by atoms with E-state index in [9.17, 15) is 47.9 Å². The summed E-state index contributed by atoms with van der Waals surface area (Å²) < 4.78 is 0. The van der Waals surface area contributed by atoms with Gasteiger partial charge >= 0.3 is 0 Å². The summed E-state index contributed by atoms with van der Waals surface area (Å²) in [5.74, 6) is 1.02. The van der Waals surface area contributed by atoms with Crippen LogP contribution in [-0.2, 0) is 47.9 Å². The third kappa shape index (κ3) is 327. The van der Waals surface area contributed by atoms with Crippen LogP contribution >= 0.6 is 0 Å². The minimum atomic E-state index is 0.255. The van der Waals surface area contributed by atoms with Crippen LogP contribution in [0.4, 0.5) is 0 Å². The Kier molecular flexibility index (Phi) is 95.5. The van der Waals surface area contributed by atoms with E-state index >= 15 is 0 Å². The molecular formula is C34H74N6O10. The van der Waals surface area contributed by atoms with Crippen LogP contribution in [0.2, 0.25) is 0 Å². The number of hydrogen-bond acceptors (Lipinski definition) is 10. The van der Waals surface area contributed by atoms with Crippen molar-refractivity contribution >= 4 is 61.6 Å². The minimum absolute atomic E-state index is 0.255. The van der Waals surface area contributed by atoms with Crippen molar-refractivity contribution in [2.24, 2.45) is 0 Å². The highest BCUT2D eigenvalue weighted by Crippen LogP contribution is 1.73. The van der Waals surface area contributed by atoms with E-state index in [4.69, 9.17) is 0 Å². The lowest BCUT2D eigenvalue weighted by Gasteiger charge is -1.93. The van der Waals surface area contributed by atoms with E-state index in [2.05, 4.69) is 0 Å². The van der Waals surface area contributed by atoms with E-state index in [1.807, 2.05) is 27.7 Å². The molecule has 0 saturated carbocycles. The van der Waals surface area contributed by atoms with E-state index < -0.39 is 0 Å². The van der Waals surface area contributed by atoms with Crippen molar-refractivity contribution in [3.63, 3.8) is 0 Å². The van der Waals surface area contributed by atoms with Crippen LogP contribution in [0.1, 0.15) is 81.1 Å². The molecule has 0 aromatic heterocycles. The molecule has 0 aliphatic rings. The molecule has 0 aromatic carbocycles. The van der Waals surface area contributed by atoms with Crippen molar-refractivity contribution in [1.82, 2.24) is 29.4 Å².